The number of ether oxygens (including phenoxy) is 2. The van der Waals surface area contributed by atoms with E-state index in [-0.39, 0.29) is 0 Å². The Morgan fingerprint density at radius 3 is 2.30 bits per heavy atom. The normalized spacial score (nSPS) is 12.5. The summed E-state index contributed by atoms with van der Waals surface area (Å²) in [5.41, 5.74) is 1.27. The van der Waals surface area contributed by atoms with Crippen molar-refractivity contribution in [3.63, 3.8) is 0 Å². The van der Waals surface area contributed by atoms with E-state index in [1.807, 2.05) is 6.07 Å². The van der Waals surface area contributed by atoms with E-state index >= 15 is 0 Å². The van der Waals surface area contributed by atoms with Gasteiger partial charge >= 0.3 is 0 Å². The zero-order valence-electron chi connectivity index (χ0n) is 13.5. The minimum atomic E-state index is 0.581. The van der Waals surface area contributed by atoms with E-state index in [4.69, 9.17) is 9.47 Å². The van der Waals surface area contributed by atoms with Crippen molar-refractivity contribution in [2.75, 3.05) is 20.8 Å². The van der Waals surface area contributed by atoms with Crippen molar-refractivity contribution >= 4 is 0 Å². The third kappa shape index (κ3) is 5.83. The molecule has 20 heavy (non-hydrogen) atoms. The number of rotatable bonds is 9. The van der Waals surface area contributed by atoms with Crippen LogP contribution < -0.4 is 14.8 Å². The van der Waals surface area contributed by atoms with Crippen molar-refractivity contribution in [1.29, 1.82) is 0 Å². The molecule has 114 valence electrons. The van der Waals surface area contributed by atoms with Crippen LogP contribution in [-0.4, -0.2) is 26.8 Å². The lowest BCUT2D eigenvalue weighted by atomic mass is 10.0. The fourth-order valence-electron chi connectivity index (χ4n) is 2.18. The number of benzene rings is 1. The van der Waals surface area contributed by atoms with Crippen molar-refractivity contribution in [1.82, 2.24) is 5.32 Å². The van der Waals surface area contributed by atoms with Gasteiger partial charge in [0.25, 0.3) is 0 Å². The number of hydrogen-bond donors (Lipinski definition) is 1. The van der Waals surface area contributed by atoms with Crippen LogP contribution in [0, 0.1) is 5.92 Å². The van der Waals surface area contributed by atoms with E-state index < -0.39 is 0 Å². The van der Waals surface area contributed by atoms with E-state index in [0.29, 0.717) is 6.04 Å². The van der Waals surface area contributed by atoms with Gasteiger partial charge in [0.2, 0.25) is 0 Å². The Balaban J connectivity index is 2.38. The number of nitrogens with one attached hydrogen (secondary N) is 1. The molecule has 0 fully saturated rings. The maximum absolute atomic E-state index is 5.32. The highest BCUT2D eigenvalue weighted by molar-refractivity contribution is 5.42. The first-order valence-electron chi connectivity index (χ1n) is 7.51. The van der Waals surface area contributed by atoms with Crippen LogP contribution in [-0.2, 0) is 6.42 Å². The van der Waals surface area contributed by atoms with Gasteiger partial charge in [0.05, 0.1) is 14.2 Å². The molecule has 0 aliphatic rings. The molecule has 0 saturated carbocycles. The summed E-state index contributed by atoms with van der Waals surface area (Å²) in [7, 11) is 3.34. The van der Waals surface area contributed by atoms with Crippen LogP contribution in [0.4, 0.5) is 0 Å². The van der Waals surface area contributed by atoms with Gasteiger partial charge in [-0.25, -0.2) is 0 Å². The van der Waals surface area contributed by atoms with Crippen LogP contribution in [0.1, 0.15) is 39.2 Å². The van der Waals surface area contributed by atoms with E-state index in [1.54, 1.807) is 14.2 Å². The van der Waals surface area contributed by atoms with Gasteiger partial charge in [-0.2, -0.15) is 0 Å². The van der Waals surface area contributed by atoms with E-state index in [0.717, 1.165) is 30.4 Å². The standard InChI is InChI=1S/C17H29NO2/c1-13(2)6-7-14(3)18-11-10-15-8-9-16(19-4)17(12-15)20-5/h8-9,12-14,18H,6-7,10-11H2,1-5H3. The number of hydrogen-bond acceptors (Lipinski definition) is 3. The topological polar surface area (TPSA) is 30.5 Å². The SMILES string of the molecule is COc1ccc(CCNC(C)CCC(C)C)cc1OC. The molecule has 0 spiro atoms. The zero-order chi connectivity index (χ0) is 15.0. The van der Waals surface area contributed by atoms with Gasteiger partial charge in [0, 0.05) is 6.04 Å². The minimum absolute atomic E-state index is 0.581. The third-order valence-corrected chi connectivity index (χ3v) is 3.53. The molecular weight excluding hydrogens is 250 g/mol. The fourth-order valence-corrected chi connectivity index (χ4v) is 2.18. The Morgan fingerprint density at radius 1 is 1.00 bits per heavy atom. The summed E-state index contributed by atoms with van der Waals surface area (Å²) in [6.07, 6.45) is 3.53. The summed E-state index contributed by atoms with van der Waals surface area (Å²) in [6.45, 7) is 7.80. The van der Waals surface area contributed by atoms with Crippen LogP contribution in [0.5, 0.6) is 11.5 Å². The predicted molar refractivity (Wildman–Crippen MR) is 84.8 cm³/mol. The monoisotopic (exact) mass is 279 g/mol. The van der Waals surface area contributed by atoms with Crippen LogP contribution in [0.25, 0.3) is 0 Å². The van der Waals surface area contributed by atoms with E-state index in [1.165, 1.54) is 18.4 Å². The largest absolute Gasteiger partial charge is 0.493 e. The van der Waals surface area contributed by atoms with Gasteiger partial charge in [-0.3, -0.25) is 0 Å². The molecule has 0 aliphatic carbocycles. The summed E-state index contributed by atoms with van der Waals surface area (Å²) < 4.78 is 10.6. The molecule has 3 nitrogen and oxygen atoms in total. The van der Waals surface area contributed by atoms with Gasteiger partial charge in [-0.15, -0.1) is 0 Å². The lowest BCUT2D eigenvalue weighted by molar-refractivity contribution is 0.354. The molecule has 0 bridgehead atoms. The van der Waals surface area contributed by atoms with Crippen molar-refractivity contribution in [2.45, 2.75) is 46.1 Å². The Labute approximate surface area is 123 Å². The van der Waals surface area contributed by atoms with Crippen LogP contribution in [0.3, 0.4) is 0 Å². The first-order valence-corrected chi connectivity index (χ1v) is 7.51. The van der Waals surface area contributed by atoms with Gasteiger partial charge in [0.1, 0.15) is 0 Å². The molecule has 0 aromatic heterocycles. The first kappa shape index (κ1) is 16.8. The average molecular weight is 279 g/mol. The molecule has 0 saturated heterocycles. The maximum atomic E-state index is 5.32. The average Bonchev–Trinajstić information content (AvgIpc) is 2.44. The van der Waals surface area contributed by atoms with E-state index in [2.05, 4.69) is 38.2 Å². The Hall–Kier alpha value is -1.22. The van der Waals surface area contributed by atoms with Gasteiger partial charge in [0.15, 0.2) is 11.5 Å². The van der Waals surface area contributed by atoms with Crippen molar-refractivity contribution in [3.8, 4) is 11.5 Å². The van der Waals surface area contributed by atoms with Crippen molar-refractivity contribution in [2.24, 2.45) is 5.92 Å². The van der Waals surface area contributed by atoms with Crippen molar-refractivity contribution < 1.29 is 9.47 Å². The lowest BCUT2D eigenvalue weighted by Crippen LogP contribution is -2.28. The number of methoxy groups -OCH3 is 2. The summed E-state index contributed by atoms with van der Waals surface area (Å²) in [4.78, 5) is 0. The highest BCUT2D eigenvalue weighted by Gasteiger charge is 2.06. The smallest absolute Gasteiger partial charge is 0.160 e. The molecule has 0 aliphatic heterocycles. The highest BCUT2D eigenvalue weighted by Crippen LogP contribution is 2.27. The highest BCUT2D eigenvalue weighted by atomic mass is 16.5. The van der Waals surface area contributed by atoms with Gasteiger partial charge < -0.3 is 14.8 Å². The second-order valence-electron chi connectivity index (χ2n) is 5.77. The van der Waals surface area contributed by atoms with Crippen molar-refractivity contribution in [3.05, 3.63) is 23.8 Å². The lowest BCUT2D eigenvalue weighted by Gasteiger charge is -2.15. The molecule has 0 radical (unpaired) electrons. The second-order valence-corrected chi connectivity index (χ2v) is 5.77. The summed E-state index contributed by atoms with van der Waals surface area (Å²) in [6, 6.07) is 6.70. The Bertz CT molecular complexity index is 391. The first-order chi connectivity index (χ1) is 9.56. The molecule has 1 aromatic carbocycles. The molecule has 1 unspecified atom stereocenters. The van der Waals surface area contributed by atoms with Crippen LogP contribution >= 0.6 is 0 Å². The third-order valence-electron chi connectivity index (χ3n) is 3.53. The summed E-state index contributed by atoms with van der Waals surface area (Å²) in [5.74, 6) is 2.37. The molecule has 0 amide bonds. The maximum Gasteiger partial charge on any atom is 0.160 e. The quantitative estimate of drug-likeness (QED) is 0.748. The van der Waals surface area contributed by atoms with Gasteiger partial charge in [-0.1, -0.05) is 19.9 Å². The van der Waals surface area contributed by atoms with Gasteiger partial charge in [-0.05, 0) is 56.3 Å². The van der Waals surface area contributed by atoms with Crippen LogP contribution in [0.15, 0.2) is 18.2 Å². The fraction of sp³-hybridized carbons (Fsp3) is 0.647. The summed E-state index contributed by atoms with van der Waals surface area (Å²) in [5, 5.41) is 3.58. The Kier molecular flexibility index (Phi) is 7.45. The summed E-state index contributed by atoms with van der Waals surface area (Å²) >= 11 is 0. The second kappa shape index (κ2) is 8.85. The minimum Gasteiger partial charge on any atom is -0.493 e. The molecular formula is C17H29NO2. The molecule has 1 aromatic rings. The molecule has 1 atom stereocenters. The predicted octanol–water partition coefficient (Wildman–Crippen LogP) is 3.66. The Morgan fingerprint density at radius 2 is 1.70 bits per heavy atom. The zero-order valence-corrected chi connectivity index (χ0v) is 13.5. The molecule has 3 heteroatoms. The van der Waals surface area contributed by atoms with E-state index in [9.17, 15) is 0 Å². The molecule has 1 rings (SSSR count). The molecule has 1 N–H and O–H groups in total. The van der Waals surface area contributed by atoms with Crippen LogP contribution in [0.2, 0.25) is 0 Å². The molecule has 0 heterocycles.